The summed E-state index contributed by atoms with van der Waals surface area (Å²) in [5.74, 6) is -0.123. The number of rotatable bonds is 6. The van der Waals surface area contributed by atoms with E-state index in [2.05, 4.69) is 24.4 Å². The molecule has 0 unspecified atom stereocenters. The maximum absolute atomic E-state index is 12.4. The molecule has 50 heavy (non-hydrogen) atoms. The maximum atomic E-state index is 12.4. The Morgan fingerprint density at radius 1 is 0.980 bits per heavy atom. The first kappa shape index (κ1) is 53.7. The number of hydrogen-bond donors (Lipinski definition) is 3. The van der Waals surface area contributed by atoms with Crippen LogP contribution in [0.4, 0.5) is 49.4 Å². The van der Waals surface area contributed by atoms with Crippen LogP contribution in [0.2, 0.25) is 10.0 Å². The first-order valence-electron chi connectivity index (χ1n) is 11.4. The van der Waals surface area contributed by atoms with E-state index in [0.717, 1.165) is 13.0 Å². The van der Waals surface area contributed by atoms with Crippen LogP contribution in [-0.4, -0.2) is 63.0 Å². The molecule has 5 N–H and O–H groups in total. The van der Waals surface area contributed by atoms with Gasteiger partial charge in [-0.05, 0) is 19.1 Å². The summed E-state index contributed by atoms with van der Waals surface area (Å²) in [6, 6.07) is 4.94. The summed E-state index contributed by atoms with van der Waals surface area (Å²) >= 11 is 11.6. The summed E-state index contributed by atoms with van der Waals surface area (Å²) in [4.78, 5) is 31.4. The summed E-state index contributed by atoms with van der Waals surface area (Å²) < 4.78 is 94.8. The molecule has 270 valence electrons. The molecule has 0 radical (unpaired) electrons. The van der Waals surface area contributed by atoms with E-state index >= 15 is 0 Å². The van der Waals surface area contributed by atoms with Gasteiger partial charge in [0.1, 0.15) is 17.6 Å². The van der Waals surface area contributed by atoms with Crippen molar-refractivity contribution in [2.45, 2.75) is 32.6 Å². The van der Waals surface area contributed by atoms with E-state index in [4.69, 9.17) is 44.7 Å². The Kier molecular flexibility index (Phi) is 25.0. The first-order chi connectivity index (χ1) is 21.5. The van der Waals surface area contributed by atoms with Crippen LogP contribution in [0.3, 0.4) is 0 Å². The van der Waals surface area contributed by atoms with Crippen molar-refractivity contribution < 1.29 is 203 Å². The molecule has 2 aromatic heterocycles. The van der Waals surface area contributed by atoms with Crippen LogP contribution in [-0.2, 0) is 30.5 Å². The van der Waals surface area contributed by atoms with Crippen molar-refractivity contribution in [3.8, 4) is 0 Å². The number of carbonyl (C=O) groups is 1. The van der Waals surface area contributed by atoms with Crippen molar-refractivity contribution in [2.24, 2.45) is 0 Å². The Labute approximate surface area is 405 Å². The van der Waals surface area contributed by atoms with E-state index in [0.29, 0.717) is 15.1 Å². The second kappa shape index (κ2) is 23.2. The summed E-state index contributed by atoms with van der Waals surface area (Å²) in [6.45, 7) is -1.02. The van der Waals surface area contributed by atoms with Crippen LogP contribution in [0.15, 0.2) is 24.3 Å². The number of nitrogen functional groups attached to an aromatic ring is 2. The third-order valence-corrected chi connectivity index (χ3v) is 6.59. The number of nitro benzene ring substituents is 2. The number of nitrogens with one attached hydrogen (secondary N) is 1. The molecule has 2 heterocycles. The van der Waals surface area contributed by atoms with Gasteiger partial charge in [0, 0.05) is 12.1 Å². The predicted molar refractivity (Wildman–Crippen MR) is 156 cm³/mol. The summed E-state index contributed by atoms with van der Waals surface area (Å²) in [5.41, 5.74) is 4.94. The zero-order chi connectivity index (χ0) is 36.5. The van der Waals surface area contributed by atoms with Gasteiger partial charge in [0.05, 0.1) is 37.3 Å². The minimum Gasteiger partial charge on any atom is -1.00 e. The van der Waals surface area contributed by atoms with Gasteiger partial charge in [0.25, 0.3) is 17.8 Å². The van der Waals surface area contributed by atoms with Crippen LogP contribution in [0, 0.1) is 20.2 Å². The van der Waals surface area contributed by atoms with Crippen LogP contribution < -0.4 is 155 Å². The molecule has 0 spiro atoms. The Morgan fingerprint density at radius 2 is 1.44 bits per heavy atom. The number of nitrogens with two attached hydrogens (primary N) is 2. The molecule has 0 aliphatic heterocycles. The van der Waals surface area contributed by atoms with Crippen molar-refractivity contribution in [3.63, 3.8) is 0 Å². The van der Waals surface area contributed by atoms with Gasteiger partial charge >= 0.3 is 160 Å². The monoisotopic (exact) mass is 1030 g/mol. The molecule has 0 saturated heterocycles. The number of aromatic amines is 1. The summed E-state index contributed by atoms with van der Waals surface area (Å²) in [5, 5.41) is 40.2. The van der Waals surface area contributed by atoms with E-state index in [1.807, 2.05) is 0 Å². The molecule has 4 rings (SSSR count). The number of nitrogens with zero attached hydrogens (tertiary/aromatic N) is 5. The van der Waals surface area contributed by atoms with Gasteiger partial charge in [0.2, 0.25) is 0 Å². The fourth-order valence-corrected chi connectivity index (χ4v) is 4.15. The molecule has 0 saturated carbocycles. The van der Waals surface area contributed by atoms with Crippen molar-refractivity contribution in [3.05, 3.63) is 54.5 Å². The predicted octanol–water partition coefficient (Wildman–Crippen LogP) is -1.49. The van der Waals surface area contributed by atoms with E-state index in [1.165, 1.54) is 18.2 Å². The van der Waals surface area contributed by atoms with Crippen LogP contribution in [0.1, 0.15) is 15.8 Å². The Bertz CT molecular complexity index is 1870. The number of alkyl halides is 6. The average Bonchev–Trinajstić information content (AvgIpc) is 3.48. The van der Waals surface area contributed by atoms with Gasteiger partial charge in [0.15, 0.2) is 11.6 Å². The van der Waals surface area contributed by atoms with Crippen molar-refractivity contribution in [2.75, 3.05) is 18.1 Å². The average molecular weight is 1030 g/mol. The number of aromatic nitrogens is 4. The maximum Gasteiger partial charge on any atom is 1.00 e. The van der Waals surface area contributed by atoms with Crippen LogP contribution in [0.25, 0.3) is 21.8 Å². The van der Waals surface area contributed by atoms with Gasteiger partial charge in [-0.15, -0.1) is 0 Å². The number of halogens is 8. The number of hydrogen-bond acceptors (Lipinski definition) is 14. The van der Waals surface area contributed by atoms with Crippen LogP contribution in [0.5, 0.6) is 0 Å². The van der Waals surface area contributed by atoms with Crippen molar-refractivity contribution in [1.82, 2.24) is 20.0 Å². The van der Waals surface area contributed by atoms with Crippen molar-refractivity contribution >= 4 is 84.6 Å². The Hall–Kier alpha value is -0.616. The standard InChI is InChI=1S/C9H6ClF3N4O2.C7H5ClN4O2.C3H5F3O3S.CH2O3.CH4.2Cs.H/c10-4-1-2-5(17(18)19)7-6(4)8(14)15-16(7)3-9(11,12)13;8-3-1-2-4(12(13)14)6-5(3)7(9)11-10-6;1-2-9-10(7,8)3(4,5)6;2-1-4-3;;;;/h1-2H,3H2,(H2,14,15);1-2H,(H3,9,10,11);2H2,1H3;1,3H;1H4;;;/q;;;;;2*+1;-1/p-1. The topological polar surface area (TPSA) is 278 Å². The number of nitro groups is 2. The Balaban J connectivity index is -0.000000309. The quantitative estimate of drug-likeness (QED) is 0.0378. The second-order valence-corrected chi connectivity index (χ2v) is 10.3. The molecule has 0 aliphatic carbocycles. The molecule has 0 aliphatic rings. The van der Waals surface area contributed by atoms with E-state index in [1.54, 1.807) is 0 Å². The fraction of sp³-hybridized carbons (Fsp3) is 0.286. The normalized spacial score (nSPS) is 10.7. The minimum absolute atomic E-state index is 0. The molecule has 18 nitrogen and oxygen atoms in total. The number of H-pyrrole nitrogens is 1. The molecule has 0 bridgehead atoms. The largest absolute Gasteiger partial charge is 1.00 e. The smallest absolute Gasteiger partial charge is 1.00 e. The van der Waals surface area contributed by atoms with Crippen LogP contribution >= 0.6 is 23.2 Å². The zero-order valence-corrected chi connectivity index (χ0v) is 39.6. The van der Waals surface area contributed by atoms with E-state index in [9.17, 15) is 55.0 Å². The van der Waals surface area contributed by atoms with Gasteiger partial charge in [-0.2, -0.15) is 45.0 Å². The number of carbonyl (C=O) groups excluding carboxylic acids is 1. The van der Waals surface area contributed by atoms with Crippen molar-refractivity contribution in [1.29, 1.82) is 0 Å². The van der Waals surface area contributed by atoms with Gasteiger partial charge in [-0.3, -0.25) is 34.3 Å². The molecular formula is C21H22Cl2Cs2F6N8O10S. The minimum atomic E-state index is -5.35. The van der Waals surface area contributed by atoms with Gasteiger partial charge in [-0.25, -0.2) is 4.68 Å². The fourth-order valence-electron chi connectivity index (χ4n) is 3.20. The molecular weight excluding hydrogens is 1010 g/mol. The molecule has 29 heteroatoms. The van der Waals surface area contributed by atoms with E-state index < -0.39 is 50.5 Å². The zero-order valence-electron chi connectivity index (χ0n) is 25.7. The van der Waals surface area contributed by atoms with Gasteiger partial charge < -0.3 is 23.0 Å². The Morgan fingerprint density at radius 3 is 1.82 bits per heavy atom. The molecule has 4 aromatic rings. The summed E-state index contributed by atoms with van der Waals surface area (Å²) in [6.07, 6.45) is -4.58. The number of benzene rings is 2. The number of fused-ring (bicyclic) bond motifs is 2. The SMILES string of the molecule is C.CCOS(=O)(=O)C(F)(F)F.Nc1n[nH]c2c([N+](=O)[O-])ccc(Cl)c12.Nc1nn(CC(F)(F)F)c2c([N+](=O)[O-])ccc(Cl)c12.O=CO[O-].[Cs+].[Cs+].[H-]. The third kappa shape index (κ3) is 15.4. The number of non-ortho nitro benzene ring substituents is 2. The van der Waals surface area contributed by atoms with Gasteiger partial charge in [-0.1, -0.05) is 30.6 Å². The number of anilines is 2. The molecule has 0 amide bonds. The first-order valence-corrected chi connectivity index (χ1v) is 13.6. The second-order valence-electron chi connectivity index (χ2n) is 7.89. The molecule has 0 atom stereocenters. The summed E-state index contributed by atoms with van der Waals surface area (Å²) in [7, 11) is -5.35. The van der Waals surface area contributed by atoms with E-state index in [-0.39, 0.29) is 192 Å². The third-order valence-electron chi connectivity index (χ3n) is 4.84. The molecule has 0 fully saturated rings. The molecule has 2 aromatic carbocycles.